The molecular weight excluding hydrogens is 166 g/mol. The van der Waals surface area contributed by atoms with Crippen LogP contribution in [0.2, 0.25) is 0 Å². The number of ether oxygens (including phenoxy) is 1. The Balaban J connectivity index is 3.34. The molecule has 0 saturated heterocycles. The van der Waals surface area contributed by atoms with Gasteiger partial charge in [0, 0.05) is 0 Å². The minimum absolute atomic E-state index is 0.148. The van der Waals surface area contributed by atoms with Gasteiger partial charge in [0.05, 0.1) is 13.2 Å². The molecule has 0 aromatic rings. The lowest BCUT2D eigenvalue weighted by molar-refractivity contribution is -0.143. The molecule has 1 unspecified atom stereocenters. The molecule has 0 saturated carbocycles. The summed E-state index contributed by atoms with van der Waals surface area (Å²) < 4.78 is 5.06. The van der Waals surface area contributed by atoms with Gasteiger partial charge in [-0.15, -0.1) is 0 Å². The Kier molecular flexibility index (Phi) is 7.69. The standard InChI is InChI=1S/C10H21NO2/c1-4-6-9(3)8-13-10(12)7-11-5-2/h9,11H,4-8H2,1-3H3. The number of rotatable bonds is 7. The van der Waals surface area contributed by atoms with Gasteiger partial charge < -0.3 is 10.1 Å². The highest BCUT2D eigenvalue weighted by Gasteiger charge is 2.05. The topological polar surface area (TPSA) is 38.3 Å². The first-order valence-electron chi connectivity index (χ1n) is 5.07. The molecule has 0 heterocycles. The molecule has 0 fully saturated rings. The van der Waals surface area contributed by atoms with E-state index < -0.39 is 0 Å². The number of carbonyl (C=O) groups is 1. The summed E-state index contributed by atoms with van der Waals surface area (Å²) in [6.45, 7) is 7.89. The lowest BCUT2D eigenvalue weighted by Gasteiger charge is -2.10. The maximum Gasteiger partial charge on any atom is 0.319 e. The van der Waals surface area contributed by atoms with E-state index in [0.29, 0.717) is 19.1 Å². The average Bonchev–Trinajstić information content (AvgIpc) is 2.12. The maximum atomic E-state index is 11.0. The molecule has 0 aromatic heterocycles. The van der Waals surface area contributed by atoms with Crippen molar-refractivity contribution >= 4 is 5.97 Å². The van der Waals surface area contributed by atoms with Crippen LogP contribution < -0.4 is 5.32 Å². The van der Waals surface area contributed by atoms with Crippen LogP contribution in [0.3, 0.4) is 0 Å². The molecular formula is C10H21NO2. The van der Waals surface area contributed by atoms with E-state index in [9.17, 15) is 4.79 Å². The first-order valence-corrected chi connectivity index (χ1v) is 5.07. The fourth-order valence-electron chi connectivity index (χ4n) is 1.09. The van der Waals surface area contributed by atoms with Crippen molar-refractivity contribution in [1.82, 2.24) is 5.32 Å². The molecule has 13 heavy (non-hydrogen) atoms. The normalized spacial score (nSPS) is 12.5. The molecule has 0 rings (SSSR count). The van der Waals surface area contributed by atoms with Gasteiger partial charge in [0.2, 0.25) is 0 Å². The minimum atomic E-state index is -0.148. The highest BCUT2D eigenvalue weighted by Crippen LogP contribution is 2.04. The molecule has 0 aliphatic heterocycles. The molecule has 1 atom stereocenters. The molecule has 0 aliphatic carbocycles. The number of carbonyl (C=O) groups excluding carboxylic acids is 1. The second-order valence-corrected chi connectivity index (χ2v) is 3.36. The largest absolute Gasteiger partial charge is 0.464 e. The van der Waals surface area contributed by atoms with Crippen molar-refractivity contribution in [3.8, 4) is 0 Å². The van der Waals surface area contributed by atoms with Gasteiger partial charge in [-0.25, -0.2) is 0 Å². The molecule has 0 spiro atoms. The second-order valence-electron chi connectivity index (χ2n) is 3.36. The van der Waals surface area contributed by atoms with Gasteiger partial charge in [-0.3, -0.25) is 4.79 Å². The summed E-state index contributed by atoms with van der Waals surface area (Å²) in [4.78, 5) is 11.0. The van der Waals surface area contributed by atoms with Crippen LogP contribution in [0, 0.1) is 5.92 Å². The van der Waals surface area contributed by atoms with Crippen molar-refractivity contribution in [3.05, 3.63) is 0 Å². The summed E-state index contributed by atoms with van der Waals surface area (Å²) >= 11 is 0. The van der Waals surface area contributed by atoms with E-state index in [4.69, 9.17) is 4.74 Å². The SMILES string of the molecule is CCCC(C)COC(=O)CNCC. The molecule has 0 amide bonds. The van der Waals surface area contributed by atoms with Gasteiger partial charge in [0.1, 0.15) is 0 Å². The third-order valence-electron chi connectivity index (χ3n) is 1.83. The zero-order valence-electron chi connectivity index (χ0n) is 8.93. The highest BCUT2D eigenvalue weighted by atomic mass is 16.5. The van der Waals surface area contributed by atoms with Gasteiger partial charge in [-0.2, -0.15) is 0 Å². The first-order chi connectivity index (χ1) is 6.20. The van der Waals surface area contributed by atoms with Crippen LogP contribution in [0.15, 0.2) is 0 Å². The summed E-state index contributed by atoms with van der Waals surface area (Å²) in [5.41, 5.74) is 0. The van der Waals surface area contributed by atoms with Gasteiger partial charge in [-0.05, 0) is 18.9 Å². The van der Waals surface area contributed by atoms with Gasteiger partial charge in [-0.1, -0.05) is 27.2 Å². The van der Waals surface area contributed by atoms with E-state index in [0.717, 1.165) is 19.4 Å². The van der Waals surface area contributed by atoms with E-state index >= 15 is 0 Å². The van der Waals surface area contributed by atoms with Crippen LogP contribution in [0.25, 0.3) is 0 Å². The van der Waals surface area contributed by atoms with Crippen LogP contribution >= 0.6 is 0 Å². The van der Waals surface area contributed by atoms with Crippen molar-refractivity contribution in [2.45, 2.75) is 33.6 Å². The number of nitrogens with one attached hydrogen (secondary N) is 1. The van der Waals surface area contributed by atoms with Gasteiger partial charge in [0.15, 0.2) is 0 Å². The van der Waals surface area contributed by atoms with Crippen LogP contribution in [0.5, 0.6) is 0 Å². The predicted molar refractivity (Wildman–Crippen MR) is 53.6 cm³/mol. The number of hydrogen-bond acceptors (Lipinski definition) is 3. The van der Waals surface area contributed by atoms with Crippen molar-refractivity contribution in [3.63, 3.8) is 0 Å². The maximum absolute atomic E-state index is 11.0. The molecule has 0 bridgehead atoms. The lowest BCUT2D eigenvalue weighted by Crippen LogP contribution is -2.25. The summed E-state index contributed by atoms with van der Waals surface area (Å²) in [7, 11) is 0. The summed E-state index contributed by atoms with van der Waals surface area (Å²) in [5, 5.41) is 2.93. The third kappa shape index (κ3) is 7.78. The monoisotopic (exact) mass is 187 g/mol. The Morgan fingerprint density at radius 2 is 2.15 bits per heavy atom. The highest BCUT2D eigenvalue weighted by molar-refractivity contribution is 5.71. The molecule has 0 aromatic carbocycles. The number of esters is 1. The fourth-order valence-corrected chi connectivity index (χ4v) is 1.09. The number of hydrogen-bond donors (Lipinski definition) is 1. The quantitative estimate of drug-likeness (QED) is 0.615. The summed E-state index contributed by atoms with van der Waals surface area (Å²) in [6.07, 6.45) is 2.26. The van der Waals surface area contributed by atoms with Crippen molar-refractivity contribution < 1.29 is 9.53 Å². The zero-order chi connectivity index (χ0) is 10.1. The molecule has 3 heteroatoms. The van der Waals surface area contributed by atoms with E-state index in [-0.39, 0.29) is 5.97 Å². The van der Waals surface area contributed by atoms with E-state index in [1.807, 2.05) is 6.92 Å². The van der Waals surface area contributed by atoms with Crippen LogP contribution in [0.4, 0.5) is 0 Å². The average molecular weight is 187 g/mol. The van der Waals surface area contributed by atoms with Crippen molar-refractivity contribution in [2.24, 2.45) is 5.92 Å². The molecule has 78 valence electrons. The Morgan fingerprint density at radius 1 is 1.46 bits per heavy atom. The Hall–Kier alpha value is -0.570. The van der Waals surface area contributed by atoms with Crippen molar-refractivity contribution in [1.29, 1.82) is 0 Å². The number of likely N-dealkylation sites (N-methyl/N-ethyl adjacent to an activating group) is 1. The van der Waals surface area contributed by atoms with Crippen molar-refractivity contribution in [2.75, 3.05) is 19.7 Å². The fraction of sp³-hybridized carbons (Fsp3) is 0.900. The van der Waals surface area contributed by atoms with Crippen LogP contribution in [0.1, 0.15) is 33.6 Å². The van der Waals surface area contributed by atoms with Gasteiger partial charge >= 0.3 is 5.97 Å². The second kappa shape index (κ2) is 8.05. The van der Waals surface area contributed by atoms with E-state index in [2.05, 4.69) is 19.2 Å². The smallest absolute Gasteiger partial charge is 0.319 e. The first kappa shape index (κ1) is 12.4. The Bertz CT molecular complexity index is 137. The van der Waals surface area contributed by atoms with Crippen LogP contribution in [-0.4, -0.2) is 25.7 Å². The molecule has 0 radical (unpaired) electrons. The Morgan fingerprint density at radius 3 is 2.69 bits per heavy atom. The lowest BCUT2D eigenvalue weighted by atomic mass is 10.1. The molecule has 3 nitrogen and oxygen atoms in total. The van der Waals surface area contributed by atoms with E-state index in [1.165, 1.54) is 0 Å². The molecule has 0 aliphatic rings. The Labute approximate surface area is 80.8 Å². The summed E-state index contributed by atoms with van der Waals surface area (Å²) in [6, 6.07) is 0. The molecule has 1 N–H and O–H groups in total. The predicted octanol–water partition coefficient (Wildman–Crippen LogP) is 1.58. The minimum Gasteiger partial charge on any atom is -0.464 e. The zero-order valence-corrected chi connectivity index (χ0v) is 8.93. The van der Waals surface area contributed by atoms with Crippen LogP contribution in [-0.2, 0) is 9.53 Å². The van der Waals surface area contributed by atoms with E-state index in [1.54, 1.807) is 0 Å². The third-order valence-corrected chi connectivity index (χ3v) is 1.83. The summed E-state index contributed by atoms with van der Waals surface area (Å²) in [5.74, 6) is 0.334. The van der Waals surface area contributed by atoms with Gasteiger partial charge in [0.25, 0.3) is 0 Å².